The van der Waals surface area contributed by atoms with Gasteiger partial charge in [0.2, 0.25) is 11.8 Å². The van der Waals surface area contributed by atoms with Gasteiger partial charge in [-0.1, -0.05) is 24.3 Å². The summed E-state index contributed by atoms with van der Waals surface area (Å²) in [7, 11) is 4.04. The van der Waals surface area contributed by atoms with Crippen LogP contribution in [0.2, 0.25) is 0 Å². The second-order valence-corrected chi connectivity index (χ2v) is 8.05. The Morgan fingerprint density at radius 1 is 1.15 bits per heavy atom. The molecule has 0 radical (unpaired) electrons. The van der Waals surface area contributed by atoms with Crippen molar-refractivity contribution >= 4 is 35.0 Å². The zero-order valence-electron chi connectivity index (χ0n) is 15.7. The Hall–Kier alpha value is -2.47. The number of rotatable bonds is 7. The molecule has 1 unspecified atom stereocenters. The number of anilines is 2. The third-order valence-electron chi connectivity index (χ3n) is 4.49. The molecule has 2 N–H and O–H groups in total. The van der Waals surface area contributed by atoms with E-state index in [4.69, 9.17) is 0 Å². The van der Waals surface area contributed by atoms with Crippen molar-refractivity contribution in [3.8, 4) is 0 Å². The van der Waals surface area contributed by atoms with Gasteiger partial charge in [-0.2, -0.15) is 0 Å². The van der Waals surface area contributed by atoms with Gasteiger partial charge >= 0.3 is 0 Å². The summed E-state index contributed by atoms with van der Waals surface area (Å²) in [5.74, 6) is -0.181. The van der Waals surface area contributed by atoms with Crippen LogP contribution in [0.1, 0.15) is 18.4 Å². The van der Waals surface area contributed by atoms with Crippen LogP contribution in [0.5, 0.6) is 0 Å². The average Bonchev–Trinajstić information content (AvgIpc) is 2.66. The van der Waals surface area contributed by atoms with E-state index in [2.05, 4.69) is 39.8 Å². The van der Waals surface area contributed by atoms with Crippen LogP contribution in [0.4, 0.5) is 11.4 Å². The Morgan fingerprint density at radius 2 is 1.89 bits per heavy atom. The highest BCUT2D eigenvalue weighted by atomic mass is 32.2. The number of benzene rings is 2. The van der Waals surface area contributed by atoms with Crippen LogP contribution in [-0.4, -0.2) is 37.7 Å². The minimum atomic E-state index is -0.376. The zero-order valence-corrected chi connectivity index (χ0v) is 16.5. The molecule has 2 amide bonds. The summed E-state index contributed by atoms with van der Waals surface area (Å²) in [6.45, 7) is 0.615. The summed E-state index contributed by atoms with van der Waals surface area (Å²) in [6, 6.07) is 16.1. The van der Waals surface area contributed by atoms with Crippen molar-refractivity contribution in [2.45, 2.75) is 29.4 Å². The van der Waals surface area contributed by atoms with E-state index in [1.165, 1.54) is 23.0 Å². The molecule has 0 saturated heterocycles. The summed E-state index contributed by atoms with van der Waals surface area (Å²) in [6.07, 6.45) is 1.99. The fourth-order valence-corrected chi connectivity index (χ4v) is 4.06. The minimum Gasteiger partial charge on any atom is -0.378 e. The van der Waals surface area contributed by atoms with Crippen molar-refractivity contribution < 1.29 is 9.59 Å². The molecule has 5 nitrogen and oxygen atoms in total. The molecule has 3 rings (SSSR count). The summed E-state index contributed by atoms with van der Waals surface area (Å²) < 4.78 is 0. The van der Waals surface area contributed by atoms with Gasteiger partial charge in [-0.3, -0.25) is 9.59 Å². The second kappa shape index (κ2) is 8.95. The Morgan fingerprint density at radius 3 is 2.63 bits per heavy atom. The SMILES string of the molecule is CN(C)c1ccc(CCCNC(=O)CC2Sc3ccccc3NC2=O)cc1. The van der Waals surface area contributed by atoms with E-state index in [1.807, 2.05) is 38.4 Å². The molecule has 2 aromatic rings. The molecule has 1 aliphatic heterocycles. The van der Waals surface area contributed by atoms with Gasteiger partial charge in [0.05, 0.1) is 10.9 Å². The van der Waals surface area contributed by atoms with E-state index in [1.54, 1.807) is 0 Å². The van der Waals surface area contributed by atoms with Crippen molar-refractivity contribution in [2.24, 2.45) is 0 Å². The molecule has 27 heavy (non-hydrogen) atoms. The van der Waals surface area contributed by atoms with Crippen molar-refractivity contribution in [3.05, 3.63) is 54.1 Å². The van der Waals surface area contributed by atoms with Gasteiger partial charge in [0.1, 0.15) is 0 Å². The third kappa shape index (κ3) is 5.26. The third-order valence-corrected chi connectivity index (χ3v) is 5.77. The number of hydrogen-bond donors (Lipinski definition) is 2. The molecular formula is C21H25N3O2S. The van der Waals surface area contributed by atoms with Crippen LogP contribution < -0.4 is 15.5 Å². The standard InChI is InChI=1S/C21H25N3O2S/c1-24(2)16-11-9-15(10-12-16)6-5-13-22-20(25)14-19-21(26)23-17-7-3-4-8-18(17)27-19/h3-4,7-12,19H,5-6,13-14H2,1-2H3,(H,22,25)(H,23,26). The normalized spacial score (nSPS) is 15.6. The quantitative estimate of drug-likeness (QED) is 0.720. The lowest BCUT2D eigenvalue weighted by Gasteiger charge is -2.23. The van der Waals surface area contributed by atoms with Crippen LogP contribution in [0.15, 0.2) is 53.4 Å². The maximum absolute atomic E-state index is 12.2. The van der Waals surface area contributed by atoms with Gasteiger partial charge in [0.15, 0.2) is 0 Å². The summed E-state index contributed by atoms with van der Waals surface area (Å²) in [5, 5.41) is 5.43. The number of para-hydroxylation sites is 1. The number of carbonyl (C=O) groups excluding carboxylic acids is 2. The first-order chi connectivity index (χ1) is 13.0. The Bertz CT molecular complexity index is 805. The molecule has 1 heterocycles. The van der Waals surface area contributed by atoms with Crippen molar-refractivity contribution in [2.75, 3.05) is 30.9 Å². The van der Waals surface area contributed by atoms with Gasteiger partial charge < -0.3 is 15.5 Å². The van der Waals surface area contributed by atoms with Crippen LogP contribution in [0.25, 0.3) is 0 Å². The van der Waals surface area contributed by atoms with Gasteiger partial charge in [-0.05, 0) is 42.7 Å². The first-order valence-electron chi connectivity index (χ1n) is 9.12. The molecule has 0 spiro atoms. The Kier molecular flexibility index (Phi) is 6.40. The first-order valence-corrected chi connectivity index (χ1v) is 10.0. The highest BCUT2D eigenvalue weighted by Gasteiger charge is 2.28. The lowest BCUT2D eigenvalue weighted by molar-refractivity contribution is -0.124. The van der Waals surface area contributed by atoms with Crippen LogP contribution in [0, 0.1) is 0 Å². The van der Waals surface area contributed by atoms with Crippen LogP contribution in [0.3, 0.4) is 0 Å². The molecule has 2 aromatic carbocycles. The number of nitrogens with zero attached hydrogens (tertiary/aromatic N) is 1. The van der Waals surface area contributed by atoms with Gasteiger partial charge in [0, 0.05) is 37.6 Å². The number of carbonyl (C=O) groups is 2. The molecule has 142 valence electrons. The molecule has 1 aliphatic rings. The number of amides is 2. The maximum atomic E-state index is 12.2. The molecule has 0 fully saturated rings. The number of fused-ring (bicyclic) bond motifs is 1. The molecule has 0 aromatic heterocycles. The lowest BCUT2D eigenvalue weighted by atomic mass is 10.1. The van der Waals surface area contributed by atoms with Crippen LogP contribution in [-0.2, 0) is 16.0 Å². The maximum Gasteiger partial charge on any atom is 0.238 e. The van der Waals surface area contributed by atoms with E-state index < -0.39 is 0 Å². The molecular weight excluding hydrogens is 358 g/mol. The minimum absolute atomic E-state index is 0.0787. The Labute approximate surface area is 164 Å². The van der Waals surface area contributed by atoms with Gasteiger partial charge in [-0.25, -0.2) is 0 Å². The largest absolute Gasteiger partial charge is 0.378 e. The summed E-state index contributed by atoms with van der Waals surface area (Å²) in [4.78, 5) is 27.4. The molecule has 6 heteroatoms. The van der Waals surface area contributed by atoms with E-state index >= 15 is 0 Å². The number of thioether (sulfide) groups is 1. The fraction of sp³-hybridized carbons (Fsp3) is 0.333. The van der Waals surface area contributed by atoms with Crippen LogP contribution >= 0.6 is 11.8 Å². The van der Waals surface area contributed by atoms with E-state index in [9.17, 15) is 9.59 Å². The molecule has 1 atom stereocenters. The predicted molar refractivity (Wildman–Crippen MR) is 111 cm³/mol. The second-order valence-electron chi connectivity index (χ2n) is 6.81. The van der Waals surface area contributed by atoms with E-state index in [0.29, 0.717) is 6.54 Å². The number of nitrogens with one attached hydrogen (secondary N) is 2. The number of aryl methyl sites for hydroxylation is 1. The van der Waals surface area contributed by atoms with Gasteiger partial charge in [-0.15, -0.1) is 11.8 Å². The van der Waals surface area contributed by atoms with E-state index in [0.717, 1.165) is 23.4 Å². The summed E-state index contributed by atoms with van der Waals surface area (Å²) >= 11 is 1.46. The summed E-state index contributed by atoms with van der Waals surface area (Å²) in [5.41, 5.74) is 3.26. The first kappa shape index (κ1) is 19.3. The highest BCUT2D eigenvalue weighted by Crippen LogP contribution is 2.36. The van der Waals surface area contributed by atoms with Gasteiger partial charge in [0.25, 0.3) is 0 Å². The average molecular weight is 384 g/mol. The molecule has 0 saturated carbocycles. The highest BCUT2D eigenvalue weighted by molar-refractivity contribution is 8.01. The van der Waals surface area contributed by atoms with Crippen molar-refractivity contribution in [1.82, 2.24) is 5.32 Å². The fourth-order valence-electron chi connectivity index (χ4n) is 2.95. The topological polar surface area (TPSA) is 61.4 Å². The predicted octanol–water partition coefficient (Wildman–Crippen LogP) is 3.30. The smallest absolute Gasteiger partial charge is 0.238 e. The molecule has 0 bridgehead atoms. The van der Waals surface area contributed by atoms with Crippen molar-refractivity contribution in [1.29, 1.82) is 0 Å². The number of hydrogen-bond acceptors (Lipinski definition) is 4. The lowest BCUT2D eigenvalue weighted by Crippen LogP contribution is -2.35. The van der Waals surface area contributed by atoms with Crippen molar-refractivity contribution in [3.63, 3.8) is 0 Å². The molecule has 0 aliphatic carbocycles. The zero-order chi connectivity index (χ0) is 19.2. The Balaban J connectivity index is 1.40. The monoisotopic (exact) mass is 383 g/mol. The van der Waals surface area contributed by atoms with E-state index in [-0.39, 0.29) is 23.5 Å².